The summed E-state index contributed by atoms with van der Waals surface area (Å²) < 4.78 is 0. The fourth-order valence-corrected chi connectivity index (χ4v) is 4.23. The summed E-state index contributed by atoms with van der Waals surface area (Å²) in [4.78, 5) is 12.5. The number of Topliss-reactive ketones (excluding diaryl/α,β-unsaturated/α-hetero) is 1. The molecule has 0 bridgehead atoms. The van der Waals surface area contributed by atoms with E-state index in [0.717, 1.165) is 50.1 Å². The van der Waals surface area contributed by atoms with Crippen LogP contribution in [0.1, 0.15) is 59.3 Å². The highest BCUT2D eigenvalue weighted by Gasteiger charge is 2.31. The van der Waals surface area contributed by atoms with Gasteiger partial charge in [-0.15, -0.1) is 0 Å². The number of piperidine rings is 1. The van der Waals surface area contributed by atoms with Crippen molar-refractivity contribution in [3.8, 4) is 0 Å². The number of ketones is 1. The third-order valence-electron chi connectivity index (χ3n) is 5.30. The quantitative estimate of drug-likeness (QED) is 0.840. The second-order valence-corrected chi connectivity index (χ2v) is 7.37. The van der Waals surface area contributed by atoms with Crippen molar-refractivity contribution >= 4 is 5.78 Å². The van der Waals surface area contributed by atoms with Crippen LogP contribution in [0.2, 0.25) is 0 Å². The SMILES string of the molecule is CC1CC(C)CC(C(=O)CC(C)C2CCCNC2)C1. The Morgan fingerprint density at radius 3 is 2.47 bits per heavy atom. The fraction of sp³-hybridized carbons (Fsp3) is 0.941. The van der Waals surface area contributed by atoms with Gasteiger partial charge in [0.05, 0.1) is 0 Å². The zero-order valence-corrected chi connectivity index (χ0v) is 13.0. The van der Waals surface area contributed by atoms with Crippen LogP contribution < -0.4 is 5.32 Å². The highest BCUT2D eigenvalue weighted by molar-refractivity contribution is 5.81. The zero-order chi connectivity index (χ0) is 13.8. The molecule has 2 rings (SSSR count). The standard InChI is InChI=1S/C17H31NO/c1-12-7-13(2)9-16(8-12)17(19)10-14(3)15-5-4-6-18-11-15/h12-16,18H,4-11H2,1-3H3. The minimum Gasteiger partial charge on any atom is -0.316 e. The molecule has 19 heavy (non-hydrogen) atoms. The van der Waals surface area contributed by atoms with Crippen LogP contribution in [0.15, 0.2) is 0 Å². The van der Waals surface area contributed by atoms with Crippen molar-refractivity contribution in [3.63, 3.8) is 0 Å². The van der Waals surface area contributed by atoms with Gasteiger partial charge in [-0.2, -0.15) is 0 Å². The van der Waals surface area contributed by atoms with Gasteiger partial charge in [0.15, 0.2) is 0 Å². The second kappa shape index (κ2) is 6.88. The molecule has 1 heterocycles. The summed E-state index contributed by atoms with van der Waals surface area (Å²) in [5, 5.41) is 3.47. The maximum atomic E-state index is 12.5. The van der Waals surface area contributed by atoms with Gasteiger partial charge in [0.1, 0.15) is 5.78 Å². The van der Waals surface area contributed by atoms with Gasteiger partial charge in [0, 0.05) is 12.3 Å². The molecule has 0 amide bonds. The Morgan fingerprint density at radius 1 is 1.21 bits per heavy atom. The molecule has 4 atom stereocenters. The average Bonchev–Trinajstić information content (AvgIpc) is 2.38. The fourth-order valence-electron chi connectivity index (χ4n) is 4.23. The molecule has 0 aromatic carbocycles. The van der Waals surface area contributed by atoms with E-state index in [-0.39, 0.29) is 0 Å². The molecular weight excluding hydrogens is 234 g/mol. The number of carbonyl (C=O) groups excluding carboxylic acids is 1. The van der Waals surface area contributed by atoms with Crippen molar-refractivity contribution in [2.24, 2.45) is 29.6 Å². The molecule has 110 valence electrons. The van der Waals surface area contributed by atoms with E-state index >= 15 is 0 Å². The summed E-state index contributed by atoms with van der Waals surface area (Å²) in [5.74, 6) is 3.67. The van der Waals surface area contributed by atoms with Crippen LogP contribution in [-0.2, 0) is 4.79 Å². The number of hydrogen-bond acceptors (Lipinski definition) is 2. The molecule has 0 aromatic heterocycles. The van der Waals surface area contributed by atoms with Crippen LogP contribution in [0.4, 0.5) is 0 Å². The maximum Gasteiger partial charge on any atom is 0.136 e. The van der Waals surface area contributed by atoms with E-state index in [4.69, 9.17) is 0 Å². The van der Waals surface area contributed by atoms with Crippen LogP contribution in [0.25, 0.3) is 0 Å². The number of rotatable bonds is 4. The molecule has 1 saturated carbocycles. The Morgan fingerprint density at radius 2 is 1.89 bits per heavy atom. The summed E-state index contributed by atoms with van der Waals surface area (Å²) >= 11 is 0. The van der Waals surface area contributed by atoms with Crippen LogP contribution in [-0.4, -0.2) is 18.9 Å². The van der Waals surface area contributed by atoms with Gasteiger partial charge in [-0.25, -0.2) is 0 Å². The van der Waals surface area contributed by atoms with Gasteiger partial charge < -0.3 is 5.32 Å². The molecule has 1 aliphatic heterocycles. The summed E-state index contributed by atoms with van der Waals surface area (Å²) in [5.41, 5.74) is 0. The lowest BCUT2D eigenvalue weighted by Gasteiger charge is -2.33. The minimum atomic E-state index is 0.359. The highest BCUT2D eigenvalue weighted by atomic mass is 16.1. The summed E-state index contributed by atoms with van der Waals surface area (Å²) in [6.07, 6.45) is 6.99. The molecule has 2 nitrogen and oxygen atoms in total. The first-order chi connectivity index (χ1) is 9.06. The number of hydrogen-bond donors (Lipinski definition) is 1. The zero-order valence-electron chi connectivity index (χ0n) is 13.0. The molecule has 0 radical (unpaired) electrons. The van der Waals surface area contributed by atoms with E-state index in [2.05, 4.69) is 26.1 Å². The number of nitrogens with one attached hydrogen (secondary N) is 1. The lowest BCUT2D eigenvalue weighted by molar-refractivity contribution is -0.126. The summed E-state index contributed by atoms with van der Waals surface area (Å²) in [6.45, 7) is 9.18. The minimum absolute atomic E-state index is 0.359. The first-order valence-corrected chi connectivity index (χ1v) is 8.29. The Bertz CT molecular complexity index is 286. The van der Waals surface area contributed by atoms with E-state index in [9.17, 15) is 4.79 Å². The molecule has 2 aliphatic rings. The molecular formula is C17H31NO. The largest absolute Gasteiger partial charge is 0.316 e. The first kappa shape index (κ1) is 15.0. The summed E-state index contributed by atoms with van der Waals surface area (Å²) in [6, 6.07) is 0. The highest BCUT2D eigenvalue weighted by Crippen LogP contribution is 2.35. The van der Waals surface area contributed by atoms with Gasteiger partial charge in [-0.05, 0) is 68.9 Å². The van der Waals surface area contributed by atoms with Crippen LogP contribution in [0.5, 0.6) is 0 Å². The van der Waals surface area contributed by atoms with E-state index in [1.165, 1.54) is 19.3 Å². The van der Waals surface area contributed by atoms with Gasteiger partial charge >= 0.3 is 0 Å². The van der Waals surface area contributed by atoms with Crippen molar-refractivity contribution in [1.29, 1.82) is 0 Å². The summed E-state index contributed by atoms with van der Waals surface area (Å²) in [7, 11) is 0. The topological polar surface area (TPSA) is 29.1 Å². The van der Waals surface area contributed by atoms with Gasteiger partial charge in [-0.3, -0.25) is 4.79 Å². The molecule has 1 aliphatic carbocycles. The van der Waals surface area contributed by atoms with E-state index in [1.54, 1.807) is 0 Å². The predicted molar refractivity (Wildman–Crippen MR) is 80.1 cm³/mol. The maximum absolute atomic E-state index is 12.5. The lowest BCUT2D eigenvalue weighted by Crippen LogP contribution is -2.35. The predicted octanol–water partition coefficient (Wildman–Crippen LogP) is 3.65. The molecule has 2 fully saturated rings. The van der Waals surface area contributed by atoms with Crippen LogP contribution in [0.3, 0.4) is 0 Å². The van der Waals surface area contributed by atoms with E-state index in [0.29, 0.717) is 17.6 Å². The second-order valence-electron chi connectivity index (χ2n) is 7.37. The van der Waals surface area contributed by atoms with E-state index < -0.39 is 0 Å². The molecule has 1 N–H and O–H groups in total. The number of carbonyl (C=O) groups is 1. The van der Waals surface area contributed by atoms with Gasteiger partial charge in [-0.1, -0.05) is 20.8 Å². The van der Waals surface area contributed by atoms with Gasteiger partial charge in [0.25, 0.3) is 0 Å². The molecule has 0 aromatic rings. The Balaban J connectivity index is 1.82. The normalized spacial score (nSPS) is 37.8. The monoisotopic (exact) mass is 265 g/mol. The molecule has 2 heteroatoms. The van der Waals surface area contributed by atoms with Crippen molar-refractivity contribution in [3.05, 3.63) is 0 Å². The molecule has 4 unspecified atom stereocenters. The van der Waals surface area contributed by atoms with Crippen molar-refractivity contribution < 1.29 is 4.79 Å². The molecule has 1 saturated heterocycles. The Labute approximate surface area is 118 Å². The lowest BCUT2D eigenvalue weighted by atomic mass is 9.73. The Kier molecular flexibility index (Phi) is 5.44. The average molecular weight is 265 g/mol. The molecule has 0 spiro atoms. The Hall–Kier alpha value is -0.370. The first-order valence-electron chi connectivity index (χ1n) is 8.29. The smallest absolute Gasteiger partial charge is 0.136 e. The van der Waals surface area contributed by atoms with Crippen LogP contribution in [0, 0.1) is 29.6 Å². The third-order valence-corrected chi connectivity index (χ3v) is 5.30. The van der Waals surface area contributed by atoms with Crippen molar-refractivity contribution in [2.75, 3.05) is 13.1 Å². The van der Waals surface area contributed by atoms with Crippen LogP contribution >= 0.6 is 0 Å². The van der Waals surface area contributed by atoms with Crippen molar-refractivity contribution in [2.45, 2.75) is 59.3 Å². The third kappa shape index (κ3) is 4.30. The van der Waals surface area contributed by atoms with Crippen molar-refractivity contribution in [1.82, 2.24) is 5.32 Å². The van der Waals surface area contributed by atoms with E-state index in [1.807, 2.05) is 0 Å². The van der Waals surface area contributed by atoms with Gasteiger partial charge in [0.2, 0.25) is 0 Å².